The van der Waals surface area contributed by atoms with E-state index in [1.165, 1.54) is 12.8 Å². The standard InChI is InChI=1S/C15H20N2O2/c1-11-9-17(15(18)19)14(10-16(11)13-7-8-13)12-5-3-2-4-6-12/h2-6,11,13-14H,7-10H2,1H3,(H,18,19)/t11-,14-/m1/s1. The third-order valence-corrected chi connectivity index (χ3v) is 4.23. The van der Waals surface area contributed by atoms with Crippen molar-refractivity contribution in [3.63, 3.8) is 0 Å². The van der Waals surface area contributed by atoms with E-state index in [9.17, 15) is 9.90 Å². The predicted octanol–water partition coefficient (Wildman–Crippen LogP) is 2.57. The Labute approximate surface area is 113 Å². The molecule has 4 heteroatoms. The van der Waals surface area contributed by atoms with Gasteiger partial charge in [-0.3, -0.25) is 9.80 Å². The van der Waals surface area contributed by atoms with Crippen molar-refractivity contribution in [2.24, 2.45) is 0 Å². The molecule has 2 atom stereocenters. The van der Waals surface area contributed by atoms with Gasteiger partial charge in [-0.15, -0.1) is 0 Å². The highest BCUT2D eigenvalue weighted by atomic mass is 16.4. The van der Waals surface area contributed by atoms with Gasteiger partial charge in [0.25, 0.3) is 0 Å². The smallest absolute Gasteiger partial charge is 0.407 e. The van der Waals surface area contributed by atoms with Crippen LogP contribution < -0.4 is 0 Å². The number of amides is 1. The van der Waals surface area contributed by atoms with Crippen LogP contribution in [-0.4, -0.2) is 46.2 Å². The summed E-state index contributed by atoms with van der Waals surface area (Å²) in [5, 5.41) is 9.44. The Morgan fingerprint density at radius 3 is 2.47 bits per heavy atom. The van der Waals surface area contributed by atoms with Gasteiger partial charge in [0.05, 0.1) is 6.04 Å². The van der Waals surface area contributed by atoms with Gasteiger partial charge < -0.3 is 5.11 Å². The molecule has 0 unspecified atom stereocenters. The minimum absolute atomic E-state index is 0.0319. The number of rotatable bonds is 2. The molecule has 0 spiro atoms. The summed E-state index contributed by atoms with van der Waals surface area (Å²) < 4.78 is 0. The Morgan fingerprint density at radius 2 is 1.89 bits per heavy atom. The third kappa shape index (κ3) is 2.45. The van der Waals surface area contributed by atoms with E-state index < -0.39 is 6.09 Å². The lowest BCUT2D eigenvalue weighted by Crippen LogP contribution is -2.55. The minimum atomic E-state index is -0.809. The number of hydrogen-bond acceptors (Lipinski definition) is 2. The highest BCUT2D eigenvalue weighted by molar-refractivity contribution is 5.66. The van der Waals surface area contributed by atoms with Crippen LogP contribution in [0.4, 0.5) is 4.79 Å². The molecule has 1 saturated carbocycles. The lowest BCUT2D eigenvalue weighted by Gasteiger charge is -2.44. The zero-order valence-corrected chi connectivity index (χ0v) is 11.2. The highest BCUT2D eigenvalue weighted by Crippen LogP contribution is 2.35. The van der Waals surface area contributed by atoms with E-state index in [0.717, 1.165) is 12.1 Å². The van der Waals surface area contributed by atoms with Crippen molar-refractivity contribution in [2.75, 3.05) is 13.1 Å². The molecule has 1 aliphatic heterocycles. The predicted molar refractivity (Wildman–Crippen MR) is 73.1 cm³/mol. The summed E-state index contributed by atoms with van der Waals surface area (Å²) in [6.07, 6.45) is 1.72. The normalized spacial score (nSPS) is 28.4. The topological polar surface area (TPSA) is 43.8 Å². The molecule has 0 bridgehead atoms. The Balaban J connectivity index is 1.86. The molecule has 1 N–H and O–H groups in total. The zero-order chi connectivity index (χ0) is 13.4. The van der Waals surface area contributed by atoms with Crippen LogP contribution in [0, 0.1) is 0 Å². The van der Waals surface area contributed by atoms with Crippen LogP contribution in [-0.2, 0) is 0 Å². The molecule has 1 heterocycles. The molecule has 1 amide bonds. The third-order valence-electron chi connectivity index (χ3n) is 4.23. The molecule has 102 valence electrons. The molecule has 1 aliphatic carbocycles. The molecule has 3 rings (SSSR count). The molecule has 19 heavy (non-hydrogen) atoms. The average Bonchev–Trinajstić information content (AvgIpc) is 3.23. The first-order valence-electron chi connectivity index (χ1n) is 6.97. The van der Waals surface area contributed by atoms with Crippen molar-refractivity contribution in [1.82, 2.24) is 9.80 Å². The lowest BCUT2D eigenvalue weighted by atomic mass is 10.00. The van der Waals surface area contributed by atoms with Crippen LogP contribution in [0.1, 0.15) is 31.4 Å². The fourth-order valence-electron chi connectivity index (χ4n) is 3.08. The summed E-state index contributed by atoms with van der Waals surface area (Å²) >= 11 is 0. The average molecular weight is 260 g/mol. The molecule has 4 nitrogen and oxygen atoms in total. The molecule has 0 aromatic heterocycles. The molecule has 1 saturated heterocycles. The summed E-state index contributed by atoms with van der Waals surface area (Å²) in [5.41, 5.74) is 1.10. The Kier molecular flexibility index (Phi) is 3.19. The lowest BCUT2D eigenvalue weighted by molar-refractivity contribution is 0.0325. The fraction of sp³-hybridized carbons (Fsp3) is 0.533. The molecule has 2 fully saturated rings. The van der Waals surface area contributed by atoms with Gasteiger partial charge in [0, 0.05) is 25.2 Å². The van der Waals surface area contributed by atoms with Crippen LogP contribution in [0.5, 0.6) is 0 Å². The first-order chi connectivity index (χ1) is 9.16. The van der Waals surface area contributed by atoms with E-state index in [2.05, 4.69) is 11.8 Å². The van der Waals surface area contributed by atoms with Crippen molar-refractivity contribution < 1.29 is 9.90 Å². The maximum atomic E-state index is 11.5. The number of hydrogen-bond donors (Lipinski definition) is 1. The maximum Gasteiger partial charge on any atom is 0.407 e. The van der Waals surface area contributed by atoms with E-state index in [-0.39, 0.29) is 6.04 Å². The number of carbonyl (C=O) groups is 1. The van der Waals surface area contributed by atoms with E-state index in [1.807, 2.05) is 30.3 Å². The van der Waals surface area contributed by atoms with E-state index in [4.69, 9.17) is 0 Å². The number of benzene rings is 1. The zero-order valence-electron chi connectivity index (χ0n) is 11.2. The summed E-state index contributed by atoms with van der Waals surface area (Å²) in [6.45, 7) is 3.56. The second kappa shape index (κ2) is 4.85. The second-order valence-corrected chi connectivity index (χ2v) is 5.64. The van der Waals surface area contributed by atoms with Crippen molar-refractivity contribution >= 4 is 6.09 Å². The van der Waals surface area contributed by atoms with Gasteiger partial charge in [-0.05, 0) is 25.3 Å². The van der Waals surface area contributed by atoms with Crippen molar-refractivity contribution in [3.8, 4) is 0 Å². The summed E-state index contributed by atoms with van der Waals surface area (Å²) in [7, 11) is 0. The van der Waals surface area contributed by atoms with Crippen molar-refractivity contribution in [3.05, 3.63) is 35.9 Å². The quantitative estimate of drug-likeness (QED) is 0.888. The molecular weight excluding hydrogens is 240 g/mol. The number of piperazine rings is 1. The largest absolute Gasteiger partial charge is 0.465 e. The molecule has 1 aromatic rings. The van der Waals surface area contributed by atoms with E-state index in [0.29, 0.717) is 18.6 Å². The number of carboxylic acid groups (broad SMARTS) is 1. The van der Waals surface area contributed by atoms with Gasteiger partial charge in [-0.2, -0.15) is 0 Å². The number of nitrogens with zero attached hydrogens (tertiary/aromatic N) is 2. The molecule has 0 radical (unpaired) electrons. The summed E-state index contributed by atoms with van der Waals surface area (Å²) in [5.74, 6) is 0. The minimum Gasteiger partial charge on any atom is -0.465 e. The van der Waals surface area contributed by atoms with E-state index >= 15 is 0 Å². The molecule has 2 aliphatic rings. The Bertz CT molecular complexity index is 458. The monoisotopic (exact) mass is 260 g/mol. The van der Waals surface area contributed by atoms with Crippen LogP contribution in [0.15, 0.2) is 30.3 Å². The SMILES string of the molecule is C[C@@H]1CN(C(=O)O)[C@@H](c2ccccc2)CN1C1CC1. The van der Waals surface area contributed by atoms with Crippen LogP contribution in [0.25, 0.3) is 0 Å². The maximum absolute atomic E-state index is 11.5. The van der Waals surface area contributed by atoms with Crippen LogP contribution in [0.2, 0.25) is 0 Å². The Morgan fingerprint density at radius 1 is 1.21 bits per heavy atom. The van der Waals surface area contributed by atoms with E-state index in [1.54, 1.807) is 4.90 Å². The van der Waals surface area contributed by atoms with Crippen LogP contribution in [0.3, 0.4) is 0 Å². The second-order valence-electron chi connectivity index (χ2n) is 5.64. The van der Waals surface area contributed by atoms with Crippen LogP contribution >= 0.6 is 0 Å². The van der Waals surface area contributed by atoms with Gasteiger partial charge in [0.2, 0.25) is 0 Å². The summed E-state index contributed by atoms with van der Waals surface area (Å²) in [4.78, 5) is 15.6. The Hall–Kier alpha value is -1.55. The van der Waals surface area contributed by atoms with Crippen molar-refractivity contribution in [2.45, 2.75) is 37.9 Å². The first kappa shape index (κ1) is 12.5. The van der Waals surface area contributed by atoms with Gasteiger partial charge in [-0.1, -0.05) is 30.3 Å². The van der Waals surface area contributed by atoms with Gasteiger partial charge in [0.1, 0.15) is 0 Å². The fourth-order valence-corrected chi connectivity index (χ4v) is 3.08. The first-order valence-corrected chi connectivity index (χ1v) is 6.97. The highest BCUT2D eigenvalue weighted by Gasteiger charge is 2.41. The van der Waals surface area contributed by atoms with Gasteiger partial charge in [-0.25, -0.2) is 4.79 Å². The molecular formula is C15H20N2O2. The van der Waals surface area contributed by atoms with Crippen molar-refractivity contribution in [1.29, 1.82) is 0 Å². The van der Waals surface area contributed by atoms with Gasteiger partial charge in [0.15, 0.2) is 0 Å². The van der Waals surface area contributed by atoms with Gasteiger partial charge >= 0.3 is 6.09 Å². The molecule has 1 aromatic carbocycles. The summed E-state index contributed by atoms with van der Waals surface area (Å²) in [6, 6.07) is 11.0.